The van der Waals surface area contributed by atoms with Crippen molar-refractivity contribution in [1.82, 2.24) is 9.97 Å². The van der Waals surface area contributed by atoms with Crippen molar-refractivity contribution in [2.24, 2.45) is 5.92 Å². The van der Waals surface area contributed by atoms with E-state index < -0.39 is 11.6 Å². The molecule has 0 aliphatic carbocycles. The van der Waals surface area contributed by atoms with E-state index in [1.807, 2.05) is 0 Å². The van der Waals surface area contributed by atoms with Crippen LogP contribution < -0.4 is 10.2 Å². The van der Waals surface area contributed by atoms with Crippen molar-refractivity contribution in [2.45, 2.75) is 26.2 Å². The van der Waals surface area contributed by atoms with E-state index in [9.17, 15) is 13.6 Å². The Morgan fingerprint density at radius 2 is 2.18 bits per heavy atom. The summed E-state index contributed by atoms with van der Waals surface area (Å²) in [5.41, 5.74) is -0.128. The zero-order valence-corrected chi connectivity index (χ0v) is 16.2. The summed E-state index contributed by atoms with van der Waals surface area (Å²) < 4.78 is 27.2. The van der Waals surface area contributed by atoms with Crippen molar-refractivity contribution in [3.05, 3.63) is 47.1 Å². The molecule has 2 aromatic heterocycles. The number of nitrogens with zero attached hydrogens (tertiary/aromatic N) is 3. The molecule has 1 fully saturated rings. The zero-order valence-electron chi connectivity index (χ0n) is 15.4. The van der Waals surface area contributed by atoms with Gasteiger partial charge in [0.15, 0.2) is 0 Å². The van der Waals surface area contributed by atoms with Crippen LogP contribution in [0.25, 0.3) is 10.2 Å². The van der Waals surface area contributed by atoms with Crippen molar-refractivity contribution in [2.75, 3.05) is 23.3 Å². The van der Waals surface area contributed by atoms with E-state index in [2.05, 4.69) is 33.2 Å². The van der Waals surface area contributed by atoms with Crippen LogP contribution in [0.2, 0.25) is 0 Å². The molecule has 1 aliphatic rings. The maximum absolute atomic E-state index is 13.8. The second kappa shape index (κ2) is 7.79. The number of rotatable bonds is 4. The van der Waals surface area contributed by atoms with Gasteiger partial charge in [-0.05, 0) is 37.5 Å². The van der Waals surface area contributed by atoms with E-state index in [0.29, 0.717) is 13.0 Å². The van der Waals surface area contributed by atoms with E-state index >= 15 is 0 Å². The van der Waals surface area contributed by atoms with Crippen LogP contribution in [0.4, 0.5) is 20.3 Å². The fourth-order valence-corrected chi connectivity index (χ4v) is 4.46. The summed E-state index contributed by atoms with van der Waals surface area (Å²) in [7, 11) is 0. The van der Waals surface area contributed by atoms with Gasteiger partial charge in [0, 0.05) is 24.0 Å². The van der Waals surface area contributed by atoms with Crippen LogP contribution in [0, 0.1) is 17.6 Å². The Balaban J connectivity index is 1.54. The minimum absolute atomic E-state index is 0.128. The van der Waals surface area contributed by atoms with Crippen LogP contribution in [0.5, 0.6) is 0 Å². The molecule has 28 heavy (non-hydrogen) atoms. The van der Waals surface area contributed by atoms with Crippen LogP contribution in [0.15, 0.2) is 30.6 Å². The number of hydrogen-bond donors (Lipinski definition) is 1. The SMILES string of the molecule is CCc1cc2c(N3CCCC(C(=O)Nc4cc(F)ccc4F)C3)ncnc2s1. The molecule has 0 bridgehead atoms. The number of carbonyl (C=O) groups excluding carboxylic acids is 1. The van der Waals surface area contributed by atoms with Gasteiger partial charge < -0.3 is 10.2 Å². The first-order valence-corrected chi connectivity index (χ1v) is 10.1. The number of carbonyl (C=O) groups is 1. The van der Waals surface area contributed by atoms with Gasteiger partial charge in [0.05, 0.1) is 17.0 Å². The summed E-state index contributed by atoms with van der Waals surface area (Å²) in [5, 5.41) is 3.53. The fraction of sp³-hybridized carbons (Fsp3) is 0.350. The number of benzene rings is 1. The third-order valence-corrected chi connectivity index (χ3v) is 6.17. The molecule has 0 saturated carbocycles. The van der Waals surface area contributed by atoms with Gasteiger partial charge in [-0.1, -0.05) is 6.92 Å². The molecule has 1 N–H and O–H groups in total. The Morgan fingerprint density at radius 1 is 1.32 bits per heavy atom. The number of halogens is 2. The summed E-state index contributed by atoms with van der Waals surface area (Å²) in [6.07, 6.45) is 4.00. The van der Waals surface area contributed by atoms with Gasteiger partial charge in [0.2, 0.25) is 5.91 Å². The highest BCUT2D eigenvalue weighted by Gasteiger charge is 2.28. The molecule has 146 valence electrons. The summed E-state index contributed by atoms with van der Waals surface area (Å²) in [6, 6.07) is 5.15. The van der Waals surface area contributed by atoms with E-state index in [1.165, 1.54) is 4.88 Å². The van der Waals surface area contributed by atoms with Gasteiger partial charge in [-0.25, -0.2) is 18.7 Å². The normalized spacial score (nSPS) is 17.1. The first-order valence-electron chi connectivity index (χ1n) is 9.29. The number of anilines is 2. The highest BCUT2D eigenvalue weighted by atomic mass is 32.1. The first-order chi connectivity index (χ1) is 13.5. The highest BCUT2D eigenvalue weighted by Crippen LogP contribution is 2.33. The topological polar surface area (TPSA) is 58.1 Å². The lowest BCUT2D eigenvalue weighted by molar-refractivity contribution is -0.120. The van der Waals surface area contributed by atoms with Crippen molar-refractivity contribution in [3.8, 4) is 0 Å². The second-order valence-corrected chi connectivity index (χ2v) is 8.00. The highest BCUT2D eigenvalue weighted by molar-refractivity contribution is 7.18. The van der Waals surface area contributed by atoms with Crippen LogP contribution in [-0.4, -0.2) is 29.0 Å². The number of nitrogens with one attached hydrogen (secondary N) is 1. The molecule has 1 unspecified atom stereocenters. The third-order valence-electron chi connectivity index (χ3n) is 4.99. The van der Waals surface area contributed by atoms with Crippen LogP contribution >= 0.6 is 11.3 Å². The molecule has 0 spiro atoms. The van der Waals surface area contributed by atoms with Gasteiger partial charge in [0.25, 0.3) is 0 Å². The number of aromatic nitrogens is 2. The Morgan fingerprint density at radius 3 is 3.00 bits per heavy atom. The van der Waals surface area contributed by atoms with Gasteiger partial charge in [-0.15, -0.1) is 11.3 Å². The Hall–Kier alpha value is -2.61. The average Bonchev–Trinajstić information content (AvgIpc) is 3.14. The molecule has 1 amide bonds. The van der Waals surface area contributed by atoms with Gasteiger partial charge in [-0.3, -0.25) is 4.79 Å². The zero-order chi connectivity index (χ0) is 19.7. The monoisotopic (exact) mass is 402 g/mol. The molecule has 3 aromatic rings. The minimum Gasteiger partial charge on any atom is -0.355 e. The van der Waals surface area contributed by atoms with Crippen molar-refractivity contribution in [3.63, 3.8) is 0 Å². The van der Waals surface area contributed by atoms with E-state index in [-0.39, 0.29) is 17.5 Å². The number of piperidine rings is 1. The van der Waals surface area contributed by atoms with E-state index in [4.69, 9.17) is 0 Å². The average molecular weight is 402 g/mol. The third kappa shape index (κ3) is 3.69. The predicted molar refractivity (Wildman–Crippen MR) is 107 cm³/mol. The van der Waals surface area contributed by atoms with E-state index in [0.717, 1.165) is 53.6 Å². The number of fused-ring (bicyclic) bond motifs is 1. The largest absolute Gasteiger partial charge is 0.355 e. The molecule has 8 heteroatoms. The lowest BCUT2D eigenvalue weighted by atomic mass is 9.96. The standard InChI is InChI=1S/C20H20F2N4OS/c1-2-14-9-15-18(23-11-24-20(15)28-14)26-7-3-4-12(10-26)19(27)25-17-8-13(21)5-6-16(17)22/h5-6,8-9,11-12H,2-4,7,10H2,1H3,(H,25,27). The molecule has 1 saturated heterocycles. The van der Waals surface area contributed by atoms with Crippen LogP contribution in [0.3, 0.4) is 0 Å². The summed E-state index contributed by atoms with van der Waals surface area (Å²) >= 11 is 1.65. The van der Waals surface area contributed by atoms with Crippen molar-refractivity contribution < 1.29 is 13.6 Å². The fourth-order valence-electron chi connectivity index (χ4n) is 3.53. The Bertz CT molecular complexity index is 1020. The van der Waals surface area contributed by atoms with Crippen LogP contribution in [0.1, 0.15) is 24.6 Å². The van der Waals surface area contributed by atoms with Crippen molar-refractivity contribution in [1.29, 1.82) is 0 Å². The van der Waals surface area contributed by atoms with E-state index in [1.54, 1.807) is 17.7 Å². The Kier molecular flexibility index (Phi) is 5.21. The minimum atomic E-state index is -0.648. The molecule has 1 aromatic carbocycles. The molecule has 5 nitrogen and oxygen atoms in total. The summed E-state index contributed by atoms with van der Waals surface area (Å²) in [6.45, 7) is 3.37. The quantitative estimate of drug-likeness (QED) is 0.703. The molecule has 0 radical (unpaired) electrons. The molecule has 3 heterocycles. The summed E-state index contributed by atoms with van der Waals surface area (Å²) in [5.74, 6) is -1.04. The van der Waals surface area contributed by atoms with Gasteiger partial charge in [-0.2, -0.15) is 0 Å². The molecule has 1 aliphatic heterocycles. The lowest BCUT2D eigenvalue weighted by Crippen LogP contribution is -2.41. The first kappa shape index (κ1) is 18.7. The molecule has 4 rings (SSSR count). The van der Waals surface area contributed by atoms with Crippen molar-refractivity contribution >= 4 is 39.0 Å². The maximum atomic E-state index is 13.8. The second-order valence-electron chi connectivity index (χ2n) is 6.88. The number of aryl methyl sites for hydroxylation is 1. The molecular weight excluding hydrogens is 382 g/mol. The number of amides is 1. The lowest BCUT2D eigenvalue weighted by Gasteiger charge is -2.33. The summed E-state index contributed by atoms with van der Waals surface area (Å²) in [4.78, 5) is 25.8. The predicted octanol–water partition coefficient (Wildman–Crippen LogP) is 4.39. The molecular formula is C20H20F2N4OS. The smallest absolute Gasteiger partial charge is 0.229 e. The molecule has 1 atom stereocenters. The van der Waals surface area contributed by atoms with Gasteiger partial charge >= 0.3 is 0 Å². The van der Waals surface area contributed by atoms with Gasteiger partial charge in [0.1, 0.15) is 28.6 Å². The number of hydrogen-bond acceptors (Lipinski definition) is 5. The van der Waals surface area contributed by atoms with Crippen LogP contribution in [-0.2, 0) is 11.2 Å². The maximum Gasteiger partial charge on any atom is 0.229 e. The Labute approximate surface area is 165 Å². The number of thiophene rings is 1.